The van der Waals surface area contributed by atoms with Crippen molar-refractivity contribution in [1.82, 2.24) is 19.6 Å². The van der Waals surface area contributed by atoms with Gasteiger partial charge >= 0.3 is 0 Å². The monoisotopic (exact) mass is 432 g/mol. The van der Waals surface area contributed by atoms with Crippen LogP contribution in [0.1, 0.15) is 15.2 Å². The first-order chi connectivity index (χ1) is 13.9. The molecule has 2 aromatic carbocycles. The highest BCUT2D eigenvalue weighted by atomic mass is 32.2. The van der Waals surface area contributed by atoms with E-state index in [2.05, 4.69) is 19.6 Å². The van der Waals surface area contributed by atoms with Gasteiger partial charge in [0, 0.05) is 18.7 Å². The quantitative estimate of drug-likeness (QED) is 0.528. The zero-order valence-electron chi connectivity index (χ0n) is 15.9. The maximum absolute atomic E-state index is 12.5. The van der Waals surface area contributed by atoms with Crippen molar-refractivity contribution in [2.75, 3.05) is 20.2 Å². The van der Waals surface area contributed by atoms with Crippen molar-refractivity contribution in [3.05, 3.63) is 59.0 Å². The summed E-state index contributed by atoms with van der Waals surface area (Å²) in [7, 11) is -2.05. The SMILES string of the molecule is COc1ccc(-c2nnsc2C(=O)NCCNS(=O)(=O)c2ccc(C)cc2)cc1. The number of sulfonamides is 1. The van der Waals surface area contributed by atoms with Gasteiger partial charge in [-0.15, -0.1) is 5.10 Å². The van der Waals surface area contributed by atoms with Crippen molar-refractivity contribution in [3.63, 3.8) is 0 Å². The van der Waals surface area contributed by atoms with Gasteiger partial charge in [-0.3, -0.25) is 4.79 Å². The summed E-state index contributed by atoms with van der Waals surface area (Å²) in [6.07, 6.45) is 0. The second-order valence-electron chi connectivity index (χ2n) is 6.15. The van der Waals surface area contributed by atoms with Crippen molar-refractivity contribution in [1.29, 1.82) is 0 Å². The molecular weight excluding hydrogens is 412 g/mol. The first-order valence-corrected chi connectivity index (χ1v) is 11.0. The van der Waals surface area contributed by atoms with E-state index in [1.807, 2.05) is 6.92 Å². The highest BCUT2D eigenvalue weighted by Crippen LogP contribution is 2.25. The van der Waals surface area contributed by atoms with E-state index in [4.69, 9.17) is 4.74 Å². The van der Waals surface area contributed by atoms with E-state index in [1.165, 1.54) is 0 Å². The zero-order valence-corrected chi connectivity index (χ0v) is 17.5. The summed E-state index contributed by atoms with van der Waals surface area (Å²) in [5.41, 5.74) is 2.18. The molecule has 29 heavy (non-hydrogen) atoms. The lowest BCUT2D eigenvalue weighted by molar-refractivity contribution is 0.0959. The van der Waals surface area contributed by atoms with Crippen LogP contribution in [0.3, 0.4) is 0 Å². The second-order valence-corrected chi connectivity index (χ2v) is 8.67. The van der Waals surface area contributed by atoms with E-state index < -0.39 is 10.0 Å². The van der Waals surface area contributed by atoms with Crippen LogP contribution in [-0.4, -0.2) is 44.1 Å². The number of rotatable bonds is 8. The van der Waals surface area contributed by atoms with E-state index in [0.717, 1.165) is 22.7 Å². The Bertz CT molecular complexity index is 1080. The normalized spacial score (nSPS) is 11.2. The van der Waals surface area contributed by atoms with Gasteiger partial charge in [-0.25, -0.2) is 13.1 Å². The van der Waals surface area contributed by atoms with Crippen molar-refractivity contribution >= 4 is 27.5 Å². The average Bonchev–Trinajstić information content (AvgIpc) is 3.21. The molecule has 10 heteroatoms. The molecule has 3 aromatic rings. The second kappa shape index (κ2) is 9.12. The molecule has 0 saturated heterocycles. The summed E-state index contributed by atoms with van der Waals surface area (Å²) in [6, 6.07) is 13.7. The molecule has 152 valence electrons. The van der Waals surface area contributed by atoms with Crippen LogP contribution >= 0.6 is 11.5 Å². The first-order valence-electron chi connectivity index (χ1n) is 8.72. The summed E-state index contributed by atoms with van der Waals surface area (Å²) in [5, 5.41) is 6.72. The Morgan fingerprint density at radius 1 is 1.07 bits per heavy atom. The molecule has 3 rings (SSSR count). The fourth-order valence-electron chi connectivity index (χ4n) is 2.52. The molecule has 0 aliphatic carbocycles. The molecule has 1 heterocycles. The molecular formula is C19H20N4O4S2. The maximum Gasteiger partial charge on any atom is 0.265 e. The molecule has 0 unspecified atom stereocenters. The molecule has 0 fully saturated rings. The topological polar surface area (TPSA) is 110 Å². The van der Waals surface area contributed by atoms with Gasteiger partial charge in [0.25, 0.3) is 5.91 Å². The Morgan fingerprint density at radius 2 is 1.76 bits per heavy atom. The van der Waals surface area contributed by atoms with E-state index in [-0.39, 0.29) is 23.9 Å². The van der Waals surface area contributed by atoms with Gasteiger partial charge in [-0.1, -0.05) is 22.2 Å². The standard InChI is InChI=1S/C19H20N4O4S2/c1-13-3-9-16(10-4-13)29(25,26)21-12-11-20-19(24)18-17(22-23-28-18)14-5-7-15(27-2)8-6-14/h3-10,21H,11-12H2,1-2H3,(H,20,24). The molecule has 1 amide bonds. The number of aryl methyl sites for hydroxylation is 1. The van der Waals surface area contributed by atoms with Crippen LogP contribution in [0.15, 0.2) is 53.4 Å². The Kier molecular flexibility index (Phi) is 6.57. The molecule has 0 saturated carbocycles. The molecule has 0 spiro atoms. The van der Waals surface area contributed by atoms with Crippen molar-refractivity contribution in [3.8, 4) is 17.0 Å². The number of benzene rings is 2. The van der Waals surface area contributed by atoms with E-state index in [0.29, 0.717) is 16.3 Å². The molecule has 0 bridgehead atoms. The average molecular weight is 433 g/mol. The Labute approximate surface area is 173 Å². The van der Waals surface area contributed by atoms with Crippen molar-refractivity contribution in [2.45, 2.75) is 11.8 Å². The molecule has 0 aliphatic heterocycles. The third-order valence-electron chi connectivity index (χ3n) is 4.09. The van der Waals surface area contributed by atoms with Gasteiger partial charge < -0.3 is 10.1 Å². The number of ether oxygens (including phenoxy) is 1. The van der Waals surface area contributed by atoms with E-state index in [1.54, 1.807) is 55.6 Å². The highest BCUT2D eigenvalue weighted by Gasteiger charge is 2.18. The van der Waals surface area contributed by atoms with Crippen molar-refractivity contribution < 1.29 is 17.9 Å². The van der Waals surface area contributed by atoms with Gasteiger partial charge in [-0.2, -0.15) is 0 Å². The fraction of sp³-hybridized carbons (Fsp3) is 0.211. The number of hydrogen-bond acceptors (Lipinski definition) is 7. The molecule has 2 N–H and O–H groups in total. The summed E-state index contributed by atoms with van der Waals surface area (Å²) >= 11 is 0.981. The van der Waals surface area contributed by atoms with Crippen LogP contribution in [0, 0.1) is 6.92 Å². The van der Waals surface area contributed by atoms with Crippen LogP contribution < -0.4 is 14.8 Å². The van der Waals surface area contributed by atoms with Crippen LogP contribution in [-0.2, 0) is 10.0 Å². The number of nitrogens with zero attached hydrogens (tertiary/aromatic N) is 2. The summed E-state index contributed by atoms with van der Waals surface area (Å²) in [4.78, 5) is 13.0. The Balaban J connectivity index is 1.58. The zero-order chi connectivity index (χ0) is 20.9. The lowest BCUT2D eigenvalue weighted by Crippen LogP contribution is -2.34. The predicted molar refractivity (Wildman–Crippen MR) is 111 cm³/mol. The minimum absolute atomic E-state index is 0.0616. The Morgan fingerprint density at radius 3 is 2.41 bits per heavy atom. The summed E-state index contributed by atoms with van der Waals surface area (Å²) in [5.74, 6) is 0.337. The van der Waals surface area contributed by atoms with Gasteiger partial charge in [-0.05, 0) is 54.9 Å². The largest absolute Gasteiger partial charge is 0.497 e. The lowest BCUT2D eigenvalue weighted by atomic mass is 10.1. The van der Waals surface area contributed by atoms with E-state index in [9.17, 15) is 13.2 Å². The summed E-state index contributed by atoms with van der Waals surface area (Å²) < 4.78 is 36.0. The number of amides is 1. The van der Waals surface area contributed by atoms with E-state index >= 15 is 0 Å². The highest BCUT2D eigenvalue weighted by molar-refractivity contribution is 7.89. The van der Waals surface area contributed by atoms with Crippen LogP contribution in [0.25, 0.3) is 11.3 Å². The number of aromatic nitrogens is 2. The first kappa shape index (κ1) is 20.9. The number of carbonyl (C=O) groups is 1. The number of carbonyl (C=O) groups excluding carboxylic acids is 1. The van der Waals surface area contributed by atoms with Crippen molar-refractivity contribution in [2.24, 2.45) is 0 Å². The third kappa shape index (κ3) is 5.17. The minimum Gasteiger partial charge on any atom is -0.497 e. The molecule has 1 aromatic heterocycles. The van der Waals surface area contributed by atoms with Gasteiger partial charge in [0.1, 0.15) is 16.3 Å². The predicted octanol–water partition coefficient (Wildman–Crippen LogP) is 2.23. The summed E-state index contributed by atoms with van der Waals surface area (Å²) in [6.45, 7) is 2.07. The third-order valence-corrected chi connectivity index (χ3v) is 6.29. The smallest absolute Gasteiger partial charge is 0.265 e. The van der Waals surface area contributed by atoms with Gasteiger partial charge in [0.15, 0.2) is 0 Å². The van der Waals surface area contributed by atoms with Crippen LogP contribution in [0.5, 0.6) is 5.75 Å². The Hall–Kier alpha value is -2.82. The number of hydrogen-bond donors (Lipinski definition) is 2. The number of methoxy groups -OCH3 is 1. The number of nitrogens with one attached hydrogen (secondary N) is 2. The van der Waals surface area contributed by atoms with Crippen LogP contribution in [0.4, 0.5) is 0 Å². The minimum atomic E-state index is -3.62. The van der Waals surface area contributed by atoms with Crippen LogP contribution in [0.2, 0.25) is 0 Å². The molecule has 0 radical (unpaired) electrons. The lowest BCUT2D eigenvalue weighted by Gasteiger charge is -2.08. The van der Waals surface area contributed by atoms with Gasteiger partial charge in [0.05, 0.1) is 12.0 Å². The molecule has 8 nitrogen and oxygen atoms in total. The maximum atomic E-state index is 12.5. The molecule has 0 atom stereocenters. The van der Waals surface area contributed by atoms with Gasteiger partial charge in [0.2, 0.25) is 10.0 Å². The fourth-order valence-corrected chi connectivity index (χ4v) is 4.16. The molecule has 0 aliphatic rings.